The Labute approximate surface area is 180 Å². The lowest BCUT2D eigenvalue weighted by Crippen LogP contribution is -2.15. The minimum absolute atomic E-state index is 0.136. The molecule has 0 spiro atoms. The average molecular weight is 442 g/mol. The highest BCUT2D eigenvalue weighted by atomic mass is 19.4. The zero-order valence-corrected chi connectivity index (χ0v) is 16.4. The second-order valence-electron chi connectivity index (χ2n) is 6.47. The van der Waals surface area contributed by atoms with Gasteiger partial charge in [-0.25, -0.2) is 5.48 Å². The molecule has 0 aliphatic carbocycles. The number of amides is 2. The molecule has 0 aliphatic rings. The fourth-order valence-electron chi connectivity index (χ4n) is 2.73. The van der Waals surface area contributed by atoms with Crippen LogP contribution in [-0.2, 0) is 11.0 Å². The molecule has 3 N–H and O–H groups in total. The van der Waals surface area contributed by atoms with Crippen molar-refractivity contribution in [1.29, 1.82) is 0 Å². The van der Waals surface area contributed by atoms with Crippen molar-refractivity contribution in [3.63, 3.8) is 0 Å². The summed E-state index contributed by atoms with van der Waals surface area (Å²) in [5, 5.41) is 11.3. The van der Waals surface area contributed by atoms with E-state index in [0.717, 1.165) is 18.2 Å². The van der Waals surface area contributed by atoms with Gasteiger partial charge >= 0.3 is 6.18 Å². The molecule has 0 radical (unpaired) electrons. The van der Waals surface area contributed by atoms with E-state index < -0.39 is 23.6 Å². The molecule has 0 atom stereocenters. The Morgan fingerprint density at radius 1 is 0.906 bits per heavy atom. The van der Waals surface area contributed by atoms with E-state index in [2.05, 4.69) is 5.32 Å². The topological polar surface area (TPSA) is 87.7 Å². The number of carbonyl (C=O) groups is 2. The summed E-state index contributed by atoms with van der Waals surface area (Å²) in [5.74, 6) is -0.976. The van der Waals surface area contributed by atoms with E-state index in [9.17, 15) is 22.8 Å². The van der Waals surface area contributed by atoms with Gasteiger partial charge < -0.3 is 10.1 Å². The smallest absolute Gasteiger partial charge is 0.416 e. The first kappa shape index (κ1) is 22.6. The highest BCUT2D eigenvalue weighted by Gasteiger charge is 2.30. The average Bonchev–Trinajstić information content (AvgIpc) is 2.78. The molecule has 0 heterocycles. The zero-order chi connectivity index (χ0) is 23.1. The first-order chi connectivity index (χ1) is 15.3. The largest absolute Gasteiger partial charge is 0.457 e. The summed E-state index contributed by atoms with van der Waals surface area (Å²) in [6.45, 7) is 0. The van der Waals surface area contributed by atoms with Crippen LogP contribution in [0.3, 0.4) is 0 Å². The number of halogens is 3. The summed E-state index contributed by atoms with van der Waals surface area (Å²) in [4.78, 5) is 24.1. The lowest BCUT2D eigenvalue weighted by Gasteiger charge is -2.13. The van der Waals surface area contributed by atoms with E-state index in [1.807, 2.05) is 0 Å². The summed E-state index contributed by atoms with van der Waals surface area (Å²) in [7, 11) is 0. The summed E-state index contributed by atoms with van der Waals surface area (Å²) in [5.41, 5.74) is 1.71. The van der Waals surface area contributed by atoms with Crippen molar-refractivity contribution in [1.82, 2.24) is 5.48 Å². The first-order valence-electron chi connectivity index (χ1n) is 9.24. The van der Waals surface area contributed by atoms with Crippen molar-refractivity contribution in [2.24, 2.45) is 0 Å². The van der Waals surface area contributed by atoms with Crippen LogP contribution in [0.1, 0.15) is 21.5 Å². The normalized spacial score (nSPS) is 11.2. The summed E-state index contributed by atoms with van der Waals surface area (Å²) < 4.78 is 43.9. The summed E-state index contributed by atoms with van der Waals surface area (Å²) in [6, 6.07) is 17.1. The molecule has 0 aliphatic heterocycles. The van der Waals surface area contributed by atoms with E-state index in [1.54, 1.807) is 36.4 Å². The summed E-state index contributed by atoms with van der Waals surface area (Å²) in [6.07, 6.45) is -1.96. The Morgan fingerprint density at radius 3 is 2.25 bits per heavy atom. The maximum absolute atomic E-state index is 12.9. The molecule has 3 aromatic rings. The Balaban J connectivity index is 1.81. The monoisotopic (exact) mass is 442 g/mol. The van der Waals surface area contributed by atoms with Crippen molar-refractivity contribution in [3.05, 3.63) is 95.6 Å². The Hall–Kier alpha value is -4.11. The number of ether oxygens (including phenoxy) is 1. The van der Waals surface area contributed by atoms with Crippen molar-refractivity contribution in [2.75, 3.05) is 5.32 Å². The van der Waals surface area contributed by atoms with Crippen molar-refractivity contribution >= 4 is 23.6 Å². The van der Waals surface area contributed by atoms with Crippen LogP contribution < -0.4 is 15.5 Å². The van der Waals surface area contributed by atoms with Crippen LogP contribution in [-0.4, -0.2) is 17.0 Å². The minimum Gasteiger partial charge on any atom is -0.457 e. The Kier molecular flexibility index (Phi) is 6.91. The van der Waals surface area contributed by atoms with Gasteiger partial charge in [-0.1, -0.05) is 30.3 Å². The predicted molar refractivity (Wildman–Crippen MR) is 111 cm³/mol. The molecule has 0 unspecified atom stereocenters. The molecule has 32 heavy (non-hydrogen) atoms. The maximum atomic E-state index is 12.9. The van der Waals surface area contributed by atoms with Crippen LogP contribution in [0, 0.1) is 0 Å². The number of benzene rings is 3. The number of nitrogens with one attached hydrogen (secondary N) is 2. The van der Waals surface area contributed by atoms with Crippen molar-refractivity contribution < 1.29 is 32.7 Å². The molecular formula is C23H17F3N2O4. The second kappa shape index (κ2) is 9.80. The highest BCUT2D eigenvalue weighted by molar-refractivity contribution is 6.07. The van der Waals surface area contributed by atoms with E-state index in [-0.39, 0.29) is 17.1 Å². The van der Waals surface area contributed by atoms with Gasteiger partial charge in [0.25, 0.3) is 11.8 Å². The SMILES string of the molecule is O=C(C=Cc1ccccc1NC(=O)c1ccccc1Oc1ccc(C(F)(F)F)cc1)NO. The zero-order valence-electron chi connectivity index (χ0n) is 16.4. The number of anilines is 1. The third kappa shape index (κ3) is 5.73. The summed E-state index contributed by atoms with van der Waals surface area (Å²) >= 11 is 0. The van der Waals surface area contributed by atoms with Gasteiger partial charge in [0.2, 0.25) is 0 Å². The Morgan fingerprint density at radius 2 is 1.56 bits per heavy atom. The van der Waals surface area contributed by atoms with Gasteiger partial charge in [-0.15, -0.1) is 0 Å². The molecule has 0 aromatic heterocycles. The third-order valence-corrected chi connectivity index (χ3v) is 4.27. The minimum atomic E-state index is -4.46. The molecule has 3 aromatic carbocycles. The van der Waals surface area contributed by atoms with Crippen LogP contribution in [0.5, 0.6) is 11.5 Å². The molecule has 3 rings (SSSR count). The van der Waals surface area contributed by atoms with Crippen molar-refractivity contribution in [3.8, 4) is 11.5 Å². The number of hydroxylamine groups is 1. The lowest BCUT2D eigenvalue weighted by molar-refractivity contribution is -0.137. The molecule has 2 amide bonds. The van der Waals surface area contributed by atoms with E-state index in [4.69, 9.17) is 9.94 Å². The van der Waals surface area contributed by atoms with Crippen LogP contribution in [0.15, 0.2) is 78.9 Å². The lowest BCUT2D eigenvalue weighted by atomic mass is 10.1. The second-order valence-corrected chi connectivity index (χ2v) is 6.47. The van der Waals surface area contributed by atoms with Crippen LogP contribution in [0.25, 0.3) is 6.08 Å². The van der Waals surface area contributed by atoms with Crippen molar-refractivity contribution in [2.45, 2.75) is 6.18 Å². The number of para-hydroxylation sites is 2. The van der Waals surface area contributed by atoms with Gasteiger partial charge in [-0.05, 0) is 54.1 Å². The molecule has 0 fully saturated rings. The van der Waals surface area contributed by atoms with E-state index in [1.165, 1.54) is 35.8 Å². The molecular weight excluding hydrogens is 425 g/mol. The van der Waals surface area contributed by atoms with Crippen LogP contribution >= 0.6 is 0 Å². The van der Waals surface area contributed by atoms with Crippen LogP contribution in [0.4, 0.5) is 18.9 Å². The standard InChI is InChI=1S/C23H17F3N2O4/c24-23(25,26)16-10-12-17(13-11-16)32-20-8-4-2-6-18(20)22(30)27-19-7-3-1-5-15(19)9-14-21(29)28-31/h1-14,31H,(H,27,30)(H,28,29). The van der Waals surface area contributed by atoms with Gasteiger partial charge in [0, 0.05) is 11.8 Å². The van der Waals surface area contributed by atoms with Gasteiger partial charge in [0.15, 0.2) is 0 Å². The third-order valence-electron chi connectivity index (χ3n) is 4.27. The molecule has 0 saturated heterocycles. The van der Waals surface area contributed by atoms with Crippen LogP contribution in [0.2, 0.25) is 0 Å². The number of hydrogen-bond donors (Lipinski definition) is 3. The number of hydrogen-bond acceptors (Lipinski definition) is 4. The fourth-order valence-corrected chi connectivity index (χ4v) is 2.73. The number of carbonyl (C=O) groups excluding carboxylic acids is 2. The molecule has 164 valence electrons. The molecule has 0 bridgehead atoms. The van der Waals surface area contributed by atoms with E-state index in [0.29, 0.717) is 11.3 Å². The quantitative estimate of drug-likeness (QED) is 0.276. The van der Waals surface area contributed by atoms with Gasteiger partial charge in [0.1, 0.15) is 11.5 Å². The van der Waals surface area contributed by atoms with Gasteiger partial charge in [0.05, 0.1) is 11.1 Å². The highest BCUT2D eigenvalue weighted by Crippen LogP contribution is 2.32. The molecule has 9 heteroatoms. The Bertz CT molecular complexity index is 1140. The predicted octanol–water partition coefficient (Wildman–Crippen LogP) is 5.27. The maximum Gasteiger partial charge on any atom is 0.416 e. The molecule has 6 nitrogen and oxygen atoms in total. The fraction of sp³-hybridized carbons (Fsp3) is 0.0435. The first-order valence-corrected chi connectivity index (χ1v) is 9.24. The van der Waals surface area contributed by atoms with E-state index >= 15 is 0 Å². The number of alkyl halides is 3. The number of rotatable bonds is 6. The van der Waals surface area contributed by atoms with Gasteiger partial charge in [-0.3, -0.25) is 14.8 Å². The molecule has 0 saturated carbocycles. The van der Waals surface area contributed by atoms with Gasteiger partial charge in [-0.2, -0.15) is 13.2 Å².